The van der Waals surface area contributed by atoms with Crippen LogP contribution in [-0.2, 0) is 11.4 Å². The first-order valence-electron chi connectivity index (χ1n) is 11.0. The first-order valence-corrected chi connectivity index (χ1v) is 11.9. The molecule has 2 aromatic carbocycles. The number of benzene rings is 2. The number of fused-ring (bicyclic) bond motifs is 3. The average molecular weight is 451 g/mol. The molecule has 0 radical (unpaired) electrons. The van der Waals surface area contributed by atoms with Crippen molar-refractivity contribution in [3.8, 4) is 11.5 Å². The van der Waals surface area contributed by atoms with Crippen LogP contribution in [0.3, 0.4) is 0 Å². The van der Waals surface area contributed by atoms with Crippen molar-refractivity contribution in [2.75, 3.05) is 33.9 Å². The lowest BCUT2D eigenvalue weighted by atomic mass is 9.79. The monoisotopic (exact) mass is 450 g/mol. The van der Waals surface area contributed by atoms with Gasteiger partial charge in [-0.15, -0.1) is 11.3 Å². The van der Waals surface area contributed by atoms with Gasteiger partial charge in [-0.2, -0.15) is 0 Å². The summed E-state index contributed by atoms with van der Waals surface area (Å²) in [5.41, 5.74) is 4.54. The molecule has 7 rings (SSSR count). The fraction of sp³-hybridized carbons (Fsp3) is 0.417. The molecule has 4 aliphatic rings. The summed E-state index contributed by atoms with van der Waals surface area (Å²) >= 11 is 1.65. The Kier molecular flexibility index (Phi) is 4.73. The van der Waals surface area contributed by atoms with Crippen LogP contribution in [0.25, 0.3) is 10.2 Å². The van der Waals surface area contributed by atoms with Crippen molar-refractivity contribution >= 4 is 27.4 Å². The van der Waals surface area contributed by atoms with Gasteiger partial charge in [-0.1, -0.05) is 5.16 Å². The fourth-order valence-electron chi connectivity index (χ4n) is 5.37. The second kappa shape index (κ2) is 7.64. The van der Waals surface area contributed by atoms with Crippen LogP contribution >= 0.6 is 11.3 Å². The predicted molar refractivity (Wildman–Crippen MR) is 124 cm³/mol. The summed E-state index contributed by atoms with van der Waals surface area (Å²) in [5.74, 6) is 2.90. The lowest BCUT2D eigenvalue weighted by molar-refractivity contribution is -0.198. The summed E-state index contributed by atoms with van der Waals surface area (Å²) < 4.78 is 12.3. The van der Waals surface area contributed by atoms with Gasteiger partial charge >= 0.3 is 0 Å². The van der Waals surface area contributed by atoms with E-state index < -0.39 is 5.72 Å². The molecule has 3 saturated heterocycles. The second-order valence-corrected chi connectivity index (χ2v) is 9.59. The standard InChI is InChI=1S/C24H26N4O3S/c1-29-19-5-3-17(21(12-19)30-2)13-28-23(16-4-6-22-20(11-16)25-15-32-22)26-31-24(28)14-27-9-7-18(24)8-10-27/h3-6,11-12,15,18H,7-10,13-14H2,1-2H3/t24-/m0/s1. The molecule has 2 bridgehead atoms. The SMILES string of the molecule is COc1ccc(CN2C(c3ccc4scnc4c3)=NO[C@]23CN2CCC3CC2)c(OC)c1. The number of rotatable bonds is 5. The van der Waals surface area contributed by atoms with E-state index in [1.54, 1.807) is 25.6 Å². The minimum absolute atomic E-state index is 0.445. The van der Waals surface area contributed by atoms with Crippen LogP contribution in [0, 0.1) is 5.92 Å². The Labute approximate surface area is 191 Å². The summed E-state index contributed by atoms with van der Waals surface area (Å²) in [4.78, 5) is 15.7. The molecule has 0 aliphatic carbocycles. The highest BCUT2D eigenvalue weighted by molar-refractivity contribution is 7.16. The Morgan fingerprint density at radius 3 is 2.75 bits per heavy atom. The third-order valence-corrected chi connectivity index (χ3v) is 7.90. The summed E-state index contributed by atoms with van der Waals surface area (Å²) in [6.45, 7) is 3.78. The molecule has 5 heterocycles. The molecule has 3 aromatic rings. The number of ether oxygens (including phenoxy) is 2. The number of piperidine rings is 3. The minimum Gasteiger partial charge on any atom is -0.497 e. The molecule has 1 spiro atoms. The van der Waals surface area contributed by atoms with Gasteiger partial charge in [0.05, 0.1) is 43.0 Å². The average Bonchev–Trinajstić information content (AvgIpc) is 3.45. The number of hydrogen-bond acceptors (Lipinski definition) is 8. The predicted octanol–water partition coefficient (Wildman–Crippen LogP) is 3.93. The van der Waals surface area contributed by atoms with Crippen LogP contribution in [0.4, 0.5) is 0 Å². The maximum absolute atomic E-state index is 6.37. The summed E-state index contributed by atoms with van der Waals surface area (Å²) in [7, 11) is 3.37. The van der Waals surface area contributed by atoms with Gasteiger partial charge in [0.25, 0.3) is 0 Å². The van der Waals surface area contributed by atoms with Crippen molar-refractivity contribution in [2.45, 2.75) is 25.1 Å². The first kappa shape index (κ1) is 19.8. The van der Waals surface area contributed by atoms with E-state index in [1.807, 2.05) is 17.6 Å². The van der Waals surface area contributed by atoms with Crippen LogP contribution in [0.1, 0.15) is 24.0 Å². The number of amidine groups is 1. The van der Waals surface area contributed by atoms with Crippen LogP contribution in [0.2, 0.25) is 0 Å². The molecule has 3 fully saturated rings. The Bertz CT molecular complexity index is 1190. The molecule has 7 nitrogen and oxygen atoms in total. The lowest BCUT2D eigenvalue weighted by Gasteiger charge is -2.53. The molecule has 0 amide bonds. The van der Waals surface area contributed by atoms with Gasteiger partial charge < -0.3 is 19.2 Å². The minimum atomic E-state index is -0.451. The van der Waals surface area contributed by atoms with Crippen molar-refractivity contribution in [2.24, 2.45) is 11.1 Å². The van der Waals surface area contributed by atoms with Crippen molar-refractivity contribution in [3.05, 3.63) is 53.0 Å². The van der Waals surface area contributed by atoms with E-state index in [0.29, 0.717) is 12.5 Å². The topological polar surface area (TPSA) is 59.4 Å². The van der Waals surface area contributed by atoms with Crippen LogP contribution < -0.4 is 9.47 Å². The third kappa shape index (κ3) is 3.04. The summed E-state index contributed by atoms with van der Waals surface area (Å²) in [5, 5.41) is 4.69. The van der Waals surface area contributed by atoms with Crippen molar-refractivity contribution in [1.82, 2.24) is 14.8 Å². The maximum Gasteiger partial charge on any atom is 0.227 e. The van der Waals surface area contributed by atoms with Crippen molar-refractivity contribution in [3.63, 3.8) is 0 Å². The van der Waals surface area contributed by atoms with E-state index in [9.17, 15) is 0 Å². The van der Waals surface area contributed by atoms with Gasteiger partial charge in [0, 0.05) is 23.1 Å². The highest BCUT2D eigenvalue weighted by Gasteiger charge is 2.57. The number of thiazole rings is 1. The fourth-order valence-corrected chi connectivity index (χ4v) is 6.03. The normalized spacial score (nSPS) is 26.4. The maximum atomic E-state index is 6.37. The summed E-state index contributed by atoms with van der Waals surface area (Å²) in [6, 6.07) is 12.4. The summed E-state index contributed by atoms with van der Waals surface area (Å²) in [6.07, 6.45) is 2.26. The van der Waals surface area contributed by atoms with Gasteiger partial charge in [-0.05, 0) is 56.3 Å². The zero-order valence-electron chi connectivity index (χ0n) is 18.3. The van der Waals surface area contributed by atoms with Crippen LogP contribution in [0.15, 0.2) is 47.1 Å². The molecule has 8 heteroatoms. The van der Waals surface area contributed by atoms with E-state index in [4.69, 9.17) is 14.3 Å². The number of nitrogens with zero attached hydrogens (tertiary/aromatic N) is 4. The van der Waals surface area contributed by atoms with Gasteiger partial charge in [-0.3, -0.25) is 4.90 Å². The Morgan fingerprint density at radius 1 is 1.12 bits per heavy atom. The zero-order valence-corrected chi connectivity index (χ0v) is 19.1. The van der Waals surface area contributed by atoms with Gasteiger partial charge in [0.1, 0.15) is 11.5 Å². The van der Waals surface area contributed by atoms with Gasteiger partial charge in [0.2, 0.25) is 5.72 Å². The molecule has 1 atom stereocenters. The van der Waals surface area contributed by atoms with Crippen molar-refractivity contribution in [1.29, 1.82) is 0 Å². The van der Waals surface area contributed by atoms with E-state index in [2.05, 4.69) is 44.2 Å². The second-order valence-electron chi connectivity index (χ2n) is 8.70. The molecule has 166 valence electrons. The molecule has 0 unspecified atom stereocenters. The number of oxime groups is 1. The van der Waals surface area contributed by atoms with Crippen LogP contribution in [-0.4, -0.2) is 60.2 Å². The molecule has 0 N–H and O–H groups in total. The molecule has 4 aliphatic heterocycles. The van der Waals surface area contributed by atoms with E-state index in [-0.39, 0.29) is 0 Å². The molecule has 0 saturated carbocycles. The quantitative estimate of drug-likeness (QED) is 0.587. The molecule has 32 heavy (non-hydrogen) atoms. The van der Waals surface area contributed by atoms with Gasteiger partial charge in [0.15, 0.2) is 5.84 Å². The zero-order chi connectivity index (χ0) is 21.7. The van der Waals surface area contributed by atoms with E-state index in [1.165, 1.54) is 4.70 Å². The number of aromatic nitrogens is 1. The largest absolute Gasteiger partial charge is 0.497 e. The van der Waals surface area contributed by atoms with Crippen molar-refractivity contribution < 1.29 is 14.3 Å². The first-order chi connectivity index (χ1) is 15.7. The van der Waals surface area contributed by atoms with E-state index >= 15 is 0 Å². The Balaban J connectivity index is 1.42. The Morgan fingerprint density at radius 2 is 2.00 bits per heavy atom. The third-order valence-electron chi connectivity index (χ3n) is 7.09. The van der Waals surface area contributed by atoms with Gasteiger partial charge in [-0.25, -0.2) is 4.98 Å². The van der Waals surface area contributed by atoms with Crippen LogP contribution in [0.5, 0.6) is 11.5 Å². The smallest absolute Gasteiger partial charge is 0.227 e. The number of hydrogen-bond donors (Lipinski definition) is 0. The Hall–Kier alpha value is -2.84. The van der Waals surface area contributed by atoms with E-state index in [0.717, 1.165) is 66.5 Å². The molecule has 1 aromatic heterocycles. The number of methoxy groups -OCH3 is 2. The highest BCUT2D eigenvalue weighted by Crippen LogP contribution is 2.45. The highest BCUT2D eigenvalue weighted by atomic mass is 32.1. The molecular formula is C24H26N4O3S. The lowest BCUT2D eigenvalue weighted by Crippen LogP contribution is -2.66. The molecular weight excluding hydrogens is 424 g/mol.